The molecule has 32 heavy (non-hydrogen) atoms. The van der Waals surface area contributed by atoms with Gasteiger partial charge in [-0.05, 0) is 52.2 Å². The van der Waals surface area contributed by atoms with Crippen LogP contribution < -0.4 is 0 Å². The number of carboxylic acid groups (broad SMARTS) is 1. The van der Waals surface area contributed by atoms with Gasteiger partial charge in [0.1, 0.15) is 17.8 Å². The van der Waals surface area contributed by atoms with E-state index in [0.29, 0.717) is 19.3 Å². The third kappa shape index (κ3) is 4.71. The Morgan fingerprint density at radius 2 is 1.94 bits per heavy atom. The molecule has 6 atom stereocenters. The summed E-state index contributed by atoms with van der Waals surface area (Å²) >= 11 is 6.21. The molecule has 8 heteroatoms. The molecule has 176 valence electrons. The Balaban J connectivity index is 1.86. The summed E-state index contributed by atoms with van der Waals surface area (Å²) in [5.41, 5.74) is -0.930. The van der Waals surface area contributed by atoms with E-state index < -0.39 is 41.3 Å². The number of aliphatic hydroxyl groups is 1. The fourth-order valence-electron chi connectivity index (χ4n) is 4.88. The van der Waals surface area contributed by atoms with Crippen molar-refractivity contribution in [3.05, 3.63) is 47.0 Å². The quantitative estimate of drug-likeness (QED) is 0.259. The monoisotopic (exact) mass is 466 g/mol. The summed E-state index contributed by atoms with van der Waals surface area (Å²) in [4.78, 5) is 24.4. The molecule has 2 N–H and O–H groups in total. The van der Waals surface area contributed by atoms with Crippen LogP contribution in [0.3, 0.4) is 0 Å². The number of rotatable bonds is 8. The minimum absolute atomic E-state index is 0.00560. The highest BCUT2D eigenvalue weighted by Crippen LogP contribution is 2.55. The summed E-state index contributed by atoms with van der Waals surface area (Å²) in [6, 6.07) is 5.91. The van der Waals surface area contributed by atoms with E-state index in [1.54, 1.807) is 12.1 Å². The van der Waals surface area contributed by atoms with Gasteiger partial charge in [0.2, 0.25) is 0 Å². The lowest BCUT2D eigenvalue weighted by atomic mass is 9.66. The zero-order chi connectivity index (χ0) is 23.7. The van der Waals surface area contributed by atoms with Crippen LogP contribution in [0.2, 0.25) is 0 Å². The zero-order valence-electron chi connectivity index (χ0n) is 18.8. The number of aromatic carboxylic acids is 1. The zero-order valence-corrected chi connectivity index (χ0v) is 19.6. The molecule has 7 nitrogen and oxygen atoms in total. The first-order valence-electron chi connectivity index (χ1n) is 10.7. The molecule has 0 bridgehead atoms. The number of methoxy groups -OCH3 is 1. The average Bonchev–Trinajstić information content (AvgIpc) is 3.43. The van der Waals surface area contributed by atoms with Gasteiger partial charge in [-0.2, -0.15) is 0 Å². The summed E-state index contributed by atoms with van der Waals surface area (Å²) in [6.07, 6.45) is 1.93. The largest absolute Gasteiger partial charge is 0.478 e. The number of epoxide rings is 1. The molecule has 1 heterocycles. The SMILES string of the molecule is CO[C@@H]1[C@H](OC(=O)c2ccccc2C(=O)O)CC[C@](O)(CCl)[C@H]1[C@]1(C)O[C@H]1CC=C(C)C. The van der Waals surface area contributed by atoms with Crippen molar-refractivity contribution >= 4 is 23.5 Å². The molecule has 2 aliphatic rings. The Labute approximate surface area is 193 Å². The van der Waals surface area contributed by atoms with E-state index >= 15 is 0 Å². The highest BCUT2D eigenvalue weighted by Gasteiger charge is 2.67. The van der Waals surface area contributed by atoms with Crippen molar-refractivity contribution < 1.29 is 34.0 Å². The number of carbonyl (C=O) groups excluding carboxylic acids is 1. The molecule has 0 radical (unpaired) electrons. The van der Waals surface area contributed by atoms with E-state index in [9.17, 15) is 19.8 Å². The van der Waals surface area contributed by atoms with Crippen molar-refractivity contribution in [2.24, 2.45) is 5.92 Å². The molecule has 0 amide bonds. The van der Waals surface area contributed by atoms with Gasteiger partial charge in [-0.25, -0.2) is 9.59 Å². The number of carboxylic acids is 1. The van der Waals surface area contributed by atoms with E-state index in [1.165, 1.54) is 24.8 Å². The van der Waals surface area contributed by atoms with Crippen LogP contribution in [0.1, 0.15) is 60.7 Å². The molecule has 1 aliphatic carbocycles. The average molecular weight is 467 g/mol. The Morgan fingerprint density at radius 1 is 1.28 bits per heavy atom. The Morgan fingerprint density at radius 3 is 2.50 bits per heavy atom. The molecule has 0 unspecified atom stereocenters. The maximum atomic E-state index is 12.9. The summed E-state index contributed by atoms with van der Waals surface area (Å²) < 4.78 is 17.6. The molecule has 2 fully saturated rings. The number of carbonyl (C=O) groups is 2. The van der Waals surface area contributed by atoms with Crippen LogP contribution >= 0.6 is 11.6 Å². The predicted molar refractivity (Wildman–Crippen MR) is 119 cm³/mol. The van der Waals surface area contributed by atoms with Gasteiger partial charge in [-0.1, -0.05) is 23.8 Å². The summed E-state index contributed by atoms with van der Waals surface area (Å²) in [5.74, 6) is -2.49. The minimum Gasteiger partial charge on any atom is -0.478 e. The number of halogens is 1. The number of allylic oxidation sites excluding steroid dienone is 1. The first-order chi connectivity index (χ1) is 15.1. The lowest BCUT2D eigenvalue weighted by Gasteiger charge is -2.48. The highest BCUT2D eigenvalue weighted by atomic mass is 35.5. The maximum absolute atomic E-state index is 12.9. The van der Waals surface area contributed by atoms with Crippen molar-refractivity contribution in [3.8, 4) is 0 Å². The Kier molecular flexibility index (Phi) is 7.34. The molecule has 1 aromatic carbocycles. The van der Waals surface area contributed by atoms with Gasteiger partial charge in [0.05, 0.1) is 34.6 Å². The standard InChI is InChI=1S/C24H31ClO7/c1-14(2)9-10-18-23(3,32-18)20-19(30-4)17(11-12-24(20,29)13-25)31-22(28)16-8-6-5-7-15(16)21(26)27/h5-9,17-20,29H,10-13H2,1-4H3,(H,26,27)/t17-,18+,19-,20-,23-,24+/m1/s1. The van der Waals surface area contributed by atoms with Gasteiger partial charge in [-0.15, -0.1) is 11.6 Å². The smallest absolute Gasteiger partial charge is 0.339 e. The fourth-order valence-corrected chi connectivity index (χ4v) is 5.18. The van der Waals surface area contributed by atoms with Crippen molar-refractivity contribution in [1.29, 1.82) is 0 Å². The van der Waals surface area contributed by atoms with Crippen LogP contribution in [0.4, 0.5) is 0 Å². The molecule has 1 aliphatic heterocycles. The van der Waals surface area contributed by atoms with Gasteiger partial charge < -0.3 is 24.4 Å². The summed E-state index contributed by atoms with van der Waals surface area (Å²) in [6.45, 7) is 5.95. The maximum Gasteiger partial charge on any atom is 0.339 e. The minimum atomic E-state index is -1.25. The normalized spacial score (nSPS) is 33.9. The highest BCUT2D eigenvalue weighted by molar-refractivity contribution is 6.18. The van der Waals surface area contributed by atoms with Gasteiger partial charge in [-0.3, -0.25) is 0 Å². The molecule has 1 saturated carbocycles. The van der Waals surface area contributed by atoms with E-state index in [0.717, 1.165) is 0 Å². The van der Waals surface area contributed by atoms with E-state index in [2.05, 4.69) is 6.08 Å². The van der Waals surface area contributed by atoms with Crippen LogP contribution in [0.25, 0.3) is 0 Å². The van der Waals surface area contributed by atoms with Crippen LogP contribution in [0, 0.1) is 5.92 Å². The fraction of sp³-hybridized carbons (Fsp3) is 0.583. The molecule has 1 aromatic rings. The summed E-state index contributed by atoms with van der Waals surface area (Å²) in [5, 5.41) is 20.8. The second-order valence-electron chi connectivity index (χ2n) is 9.06. The third-order valence-electron chi connectivity index (χ3n) is 6.61. The number of alkyl halides is 1. The van der Waals surface area contributed by atoms with Gasteiger partial charge >= 0.3 is 11.9 Å². The lowest BCUT2D eigenvalue weighted by Crippen LogP contribution is -2.61. The van der Waals surface area contributed by atoms with Crippen molar-refractivity contribution in [2.45, 2.75) is 69.5 Å². The molecule has 3 rings (SSSR count). The topological polar surface area (TPSA) is 106 Å². The molecular formula is C24H31ClO7. The van der Waals surface area contributed by atoms with Crippen molar-refractivity contribution in [3.63, 3.8) is 0 Å². The lowest BCUT2D eigenvalue weighted by molar-refractivity contribution is -0.171. The molecule has 0 spiro atoms. The number of ether oxygens (including phenoxy) is 3. The number of esters is 1. The van der Waals surface area contributed by atoms with E-state index in [-0.39, 0.29) is 23.1 Å². The number of hydrogen-bond donors (Lipinski definition) is 2. The first-order valence-corrected chi connectivity index (χ1v) is 11.3. The second-order valence-corrected chi connectivity index (χ2v) is 9.32. The number of hydrogen-bond acceptors (Lipinski definition) is 6. The molecule has 0 aromatic heterocycles. The van der Waals surface area contributed by atoms with E-state index in [1.807, 2.05) is 20.8 Å². The predicted octanol–water partition coefficient (Wildman–Crippen LogP) is 3.82. The van der Waals surface area contributed by atoms with Crippen molar-refractivity contribution in [2.75, 3.05) is 13.0 Å². The Bertz CT molecular complexity index is 896. The second kappa shape index (κ2) is 9.51. The molecule has 1 saturated heterocycles. The molecular weight excluding hydrogens is 436 g/mol. The van der Waals surface area contributed by atoms with Gasteiger partial charge in [0.25, 0.3) is 0 Å². The first kappa shape index (κ1) is 24.7. The van der Waals surface area contributed by atoms with Crippen LogP contribution in [-0.4, -0.2) is 64.7 Å². The van der Waals surface area contributed by atoms with Crippen LogP contribution in [-0.2, 0) is 14.2 Å². The van der Waals surface area contributed by atoms with Gasteiger partial charge in [0.15, 0.2) is 0 Å². The third-order valence-corrected chi connectivity index (χ3v) is 7.07. The van der Waals surface area contributed by atoms with Crippen molar-refractivity contribution in [1.82, 2.24) is 0 Å². The summed E-state index contributed by atoms with van der Waals surface area (Å²) in [7, 11) is 1.50. The van der Waals surface area contributed by atoms with Crippen LogP contribution in [0.5, 0.6) is 0 Å². The van der Waals surface area contributed by atoms with Crippen LogP contribution in [0.15, 0.2) is 35.9 Å². The Hall–Kier alpha value is -1.93. The number of benzene rings is 1. The van der Waals surface area contributed by atoms with E-state index in [4.69, 9.17) is 25.8 Å². The van der Waals surface area contributed by atoms with Gasteiger partial charge in [0, 0.05) is 7.11 Å².